The first-order valence-electron chi connectivity index (χ1n) is 11.4. The highest BCUT2D eigenvalue weighted by molar-refractivity contribution is 6.34. The van der Waals surface area contributed by atoms with Crippen LogP contribution in [-0.2, 0) is 22.4 Å². The van der Waals surface area contributed by atoms with Gasteiger partial charge in [-0.2, -0.15) is 0 Å². The number of fused-ring (bicyclic) bond motifs is 2. The Bertz CT molecular complexity index is 1330. The molecule has 1 aliphatic rings. The lowest BCUT2D eigenvalue weighted by molar-refractivity contribution is -0.384. The number of benzene rings is 2. The topological polar surface area (TPSA) is 111 Å². The standard InChI is InChI=1S/C26H26ClN3O5/c1-26(2,3)15-8-10-21-18(12-15)24(17-6-4-5-7-20(17)28-21)25(32)35-14-23(31)29-22-11-9-16(30(33)34)13-19(22)27/h4-7,9,11,13,15H,8,10,12,14H2,1-3H3,(H,29,31)/t15-/m1/s1. The van der Waals surface area contributed by atoms with Crippen molar-refractivity contribution in [2.24, 2.45) is 11.3 Å². The maximum absolute atomic E-state index is 13.3. The fraction of sp³-hybridized carbons (Fsp3) is 0.346. The molecule has 1 atom stereocenters. The zero-order valence-electron chi connectivity index (χ0n) is 19.8. The molecule has 1 heterocycles. The predicted octanol–water partition coefficient (Wildman–Crippen LogP) is 5.74. The second kappa shape index (κ2) is 9.62. The summed E-state index contributed by atoms with van der Waals surface area (Å²) in [5.74, 6) is -0.801. The zero-order valence-corrected chi connectivity index (χ0v) is 20.5. The molecule has 35 heavy (non-hydrogen) atoms. The van der Waals surface area contributed by atoms with Crippen LogP contribution in [-0.4, -0.2) is 28.4 Å². The van der Waals surface area contributed by atoms with Gasteiger partial charge in [0.05, 0.1) is 26.7 Å². The largest absolute Gasteiger partial charge is 0.452 e. The fourth-order valence-electron chi connectivity index (χ4n) is 4.47. The number of carbonyl (C=O) groups is 2. The molecule has 0 radical (unpaired) electrons. The van der Waals surface area contributed by atoms with Crippen LogP contribution in [0.15, 0.2) is 42.5 Å². The molecule has 1 N–H and O–H groups in total. The Morgan fingerprint density at radius 2 is 1.97 bits per heavy atom. The maximum Gasteiger partial charge on any atom is 0.339 e. The van der Waals surface area contributed by atoms with Gasteiger partial charge in [-0.25, -0.2) is 4.79 Å². The number of hydrogen-bond donors (Lipinski definition) is 1. The van der Waals surface area contributed by atoms with Crippen molar-refractivity contribution in [2.75, 3.05) is 11.9 Å². The van der Waals surface area contributed by atoms with E-state index in [-0.39, 0.29) is 21.8 Å². The number of hydrogen-bond acceptors (Lipinski definition) is 6. The molecular formula is C26H26ClN3O5. The van der Waals surface area contributed by atoms with Crippen molar-refractivity contribution in [2.45, 2.75) is 40.0 Å². The van der Waals surface area contributed by atoms with E-state index in [4.69, 9.17) is 21.3 Å². The van der Waals surface area contributed by atoms with Crippen LogP contribution in [0, 0.1) is 21.4 Å². The van der Waals surface area contributed by atoms with Crippen LogP contribution in [0.2, 0.25) is 5.02 Å². The molecule has 0 bridgehead atoms. The number of nitrogens with zero attached hydrogens (tertiary/aromatic N) is 2. The molecule has 2 aromatic carbocycles. The van der Waals surface area contributed by atoms with Gasteiger partial charge in [-0.1, -0.05) is 50.6 Å². The highest BCUT2D eigenvalue weighted by Gasteiger charge is 2.33. The third-order valence-corrected chi connectivity index (χ3v) is 6.77. The van der Waals surface area contributed by atoms with Gasteiger partial charge in [0.15, 0.2) is 6.61 Å². The molecule has 3 aromatic rings. The van der Waals surface area contributed by atoms with E-state index in [0.29, 0.717) is 23.3 Å². The highest BCUT2D eigenvalue weighted by Crippen LogP contribution is 2.39. The van der Waals surface area contributed by atoms with Gasteiger partial charge in [0.25, 0.3) is 11.6 Å². The summed E-state index contributed by atoms with van der Waals surface area (Å²) < 4.78 is 5.43. The summed E-state index contributed by atoms with van der Waals surface area (Å²) in [7, 11) is 0. The van der Waals surface area contributed by atoms with Crippen molar-refractivity contribution in [3.05, 3.63) is 74.4 Å². The number of non-ortho nitro benzene ring substituents is 1. The second-order valence-corrected chi connectivity index (χ2v) is 10.2. The fourth-order valence-corrected chi connectivity index (χ4v) is 4.69. The number of nitro groups is 1. The van der Waals surface area contributed by atoms with Gasteiger partial charge in [0, 0.05) is 23.2 Å². The smallest absolute Gasteiger partial charge is 0.339 e. The monoisotopic (exact) mass is 495 g/mol. The number of esters is 1. The van der Waals surface area contributed by atoms with Crippen LogP contribution in [0.5, 0.6) is 0 Å². The molecule has 8 nitrogen and oxygen atoms in total. The van der Waals surface area contributed by atoms with Crippen molar-refractivity contribution in [3.8, 4) is 0 Å². The Labute approximate surface area is 207 Å². The minimum absolute atomic E-state index is 0.0151. The number of ether oxygens (including phenoxy) is 1. The van der Waals surface area contributed by atoms with Crippen LogP contribution >= 0.6 is 11.6 Å². The van der Waals surface area contributed by atoms with Gasteiger partial charge >= 0.3 is 5.97 Å². The van der Waals surface area contributed by atoms with Crippen LogP contribution in [0.3, 0.4) is 0 Å². The van der Waals surface area contributed by atoms with Gasteiger partial charge in [-0.3, -0.25) is 19.9 Å². The molecule has 0 saturated heterocycles. The van der Waals surface area contributed by atoms with Crippen molar-refractivity contribution < 1.29 is 19.2 Å². The lowest BCUT2D eigenvalue weighted by Gasteiger charge is -2.35. The van der Waals surface area contributed by atoms with E-state index in [9.17, 15) is 19.7 Å². The number of nitrogens with one attached hydrogen (secondary N) is 1. The number of aryl methyl sites for hydroxylation is 1. The molecule has 1 aromatic heterocycles. The average molecular weight is 496 g/mol. The molecule has 1 amide bonds. The average Bonchev–Trinajstić information content (AvgIpc) is 2.81. The molecule has 0 spiro atoms. The molecule has 0 aliphatic heterocycles. The Balaban J connectivity index is 1.56. The van der Waals surface area contributed by atoms with Crippen LogP contribution in [0.1, 0.15) is 48.8 Å². The Morgan fingerprint density at radius 3 is 2.66 bits per heavy atom. The lowest BCUT2D eigenvalue weighted by atomic mass is 9.70. The molecule has 4 rings (SSSR count). The SMILES string of the molecule is CC(C)(C)[C@@H]1CCc2nc3ccccc3c(C(=O)OCC(=O)Nc3ccc([N+](=O)[O-])cc3Cl)c2C1. The molecule has 182 valence electrons. The van der Waals surface area contributed by atoms with Gasteiger partial charge in [0.1, 0.15) is 0 Å². The number of aromatic nitrogens is 1. The van der Waals surface area contributed by atoms with Crippen molar-refractivity contribution in [3.63, 3.8) is 0 Å². The maximum atomic E-state index is 13.3. The lowest BCUT2D eigenvalue weighted by Crippen LogP contribution is -2.29. The normalized spacial score (nSPS) is 15.4. The van der Waals surface area contributed by atoms with Gasteiger partial charge in [0.2, 0.25) is 0 Å². The van der Waals surface area contributed by atoms with Crippen molar-refractivity contribution >= 4 is 45.8 Å². The molecule has 0 unspecified atom stereocenters. The Morgan fingerprint density at radius 1 is 1.23 bits per heavy atom. The van der Waals surface area contributed by atoms with Crippen LogP contribution in [0.25, 0.3) is 10.9 Å². The Hall–Kier alpha value is -3.52. The molecule has 0 saturated carbocycles. The minimum atomic E-state index is -0.603. The second-order valence-electron chi connectivity index (χ2n) is 9.78. The number of nitro benzene ring substituents is 1. The van der Waals surface area contributed by atoms with E-state index in [1.807, 2.05) is 24.3 Å². The third-order valence-electron chi connectivity index (χ3n) is 6.46. The number of carbonyl (C=O) groups excluding carboxylic acids is 2. The molecule has 9 heteroatoms. The predicted molar refractivity (Wildman–Crippen MR) is 134 cm³/mol. The summed E-state index contributed by atoms with van der Waals surface area (Å²) in [6.07, 6.45) is 2.49. The summed E-state index contributed by atoms with van der Waals surface area (Å²) in [6.45, 7) is 6.06. The van der Waals surface area contributed by atoms with Crippen LogP contribution in [0.4, 0.5) is 11.4 Å². The number of amides is 1. The van der Waals surface area contributed by atoms with Gasteiger partial charge in [-0.05, 0) is 48.3 Å². The Kier molecular flexibility index (Phi) is 6.76. The van der Waals surface area contributed by atoms with E-state index in [1.54, 1.807) is 0 Å². The summed E-state index contributed by atoms with van der Waals surface area (Å²) in [5.41, 5.74) is 3.04. The number of rotatable bonds is 5. The highest BCUT2D eigenvalue weighted by atomic mass is 35.5. The number of halogens is 1. The summed E-state index contributed by atoms with van der Waals surface area (Å²) in [6, 6.07) is 11.1. The first kappa shape index (κ1) is 24.6. The van der Waals surface area contributed by atoms with E-state index >= 15 is 0 Å². The zero-order chi connectivity index (χ0) is 25.3. The minimum Gasteiger partial charge on any atom is -0.452 e. The summed E-state index contributed by atoms with van der Waals surface area (Å²) >= 11 is 6.04. The third kappa shape index (κ3) is 5.27. The molecular weight excluding hydrogens is 470 g/mol. The quantitative estimate of drug-likeness (QED) is 0.274. The van der Waals surface area contributed by atoms with Crippen LogP contribution < -0.4 is 5.32 Å². The first-order chi connectivity index (χ1) is 16.5. The van der Waals surface area contributed by atoms with E-state index in [1.165, 1.54) is 12.1 Å². The first-order valence-corrected chi connectivity index (χ1v) is 11.7. The van der Waals surface area contributed by atoms with Gasteiger partial charge < -0.3 is 10.1 Å². The number of pyridine rings is 1. The van der Waals surface area contributed by atoms with Gasteiger partial charge in [-0.15, -0.1) is 0 Å². The molecule has 1 aliphatic carbocycles. The summed E-state index contributed by atoms with van der Waals surface area (Å²) in [5, 5.41) is 14.1. The number of para-hydroxylation sites is 1. The molecule has 0 fully saturated rings. The van der Waals surface area contributed by atoms with Crippen molar-refractivity contribution in [1.82, 2.24) is 4.98 Å². The van der Waals surface area contributed by atoms with Crippen molar-refractivity contribution in [1.29, 1.82) is 0 Å². The summed E-state index contributed by atoms with van der Waals surface area (Å²) in [4.78, 5) is 40.9. The number of anilines is 1. The van der Waals surface area contributed by atoms with E-state index in [2.05, 4.69) is 26.1 Å². The van der Waals surface area contributed by atoms with E-state index < -0.39 is 23.4 Å². The van der Waals surface area contributed by atoms with E-state index in [0.717, 1.165) is 35.7 Å².